The lowest BCUT2D eigenvalue weighted by Gasteiger charge is -2.28. The summed E-state index contributed by atoms with van der Waals surface area (Å²) in [6.07, 6.45) is 0.530. The molecule has 4 heteroatoms. The van der Waals surface area contributed by atoms with Crippen molar-refractivity contribution in [3.05, 3.63) is 29.6 Å². The standard InChI is InChI=1S/C15H22FNO2/c1-14(2)8-12(15(3,4)19-14)18-13-10(9-17)6-5-7-11(13)16/h5-7,12H,8-9,17H2,1-4H3. The predicted molar refractivity (Wildman–Crippen MR) is 72.6 cm³/mol. The molecular weight excluding hydrogens is 245 g/mol. The van der Waals surface area contributed by atoms with E-state index < -0.39 is 5.60 Å². The lowest BCUT2D eigenvalue weighted by molar-refractivity contribution is -0.0849. The van der Waals surface area contributed by atoms with E-state index in [1.54, 1.807) is 12.1 Å². The van der Waals surface area contributed by atoms with Gasteiger partial charge in [0.1, 0.15) is 11.7 Å². The highest BCUT2D eigenvalue weighted by Crippen LogP contribution is 2.40. The van der Waals surface area contributed by atoms with Crippen molar-refractivity contribution in [2.24, 2.45) is 5.73 Å². The fraction of sp³-hybridized carbons (Fsp3) is 0.600. The van der Waals surface area contributed by atoms with E-state index in [0.717, 1.165) is 6.42 Å². The molecule has 0 bridgehead atoms. The molecule has 1 aromatic rings. The van der Waals surface area contributed by atoms with Crippen LogP contribution in [-0.2, 0) is 11.3 Å². The van der Waals surface area contributed by atoms with Crippen LogP contribution in [-0.4, -0.2) is 17.3 Å². The second-order valence-electron chi connectivity index (χ2n) is 6.21. The number of halogens is 1. The monoisotopic (exact) mass is 267 g/mol. The van der Waals surface area contributed by atoms with Gasteiger partial charge in [0, 0.05) is 18.5 Å². The summed E-state index contributed by atoms with van der Waals surface area (Å²) in [5, 5.41) is 0. The molecule has 1 unspecified atom stereocenters. The van der Waals surface area contributed by atoms with E-state index in [4.69, 9.17) is 15.2 Å². The normalized spacial score (nSPS) is 24.4. The molecule has 0 radical (unpaired) electrons. The lowest BCUT2D eigenvalue weighted by Crippen LogP contribution is -2.37. The molecule has 1 aliphatic heterocycles. The van der Waals surface area contributed by atoms with Gasteiger partial charge in [-0.1, -0.05) is 12.1 Å². The highest BCUT2D eigenvalue weighted by atomic mass is 19.1. The Morgan fingerprint density at radius 3 is 2.58 bits per heavy atom. The Labute approximate surface area is 113 Å². The van der Waals surface area contributed by atoms with Crippen LogP contribution in [0, 0.1) is 5.82 Å². The van der Waals surface area contributed by atoms with Gasteiger partial charge in [-0.05, 0) is 33.8 Å². The van der Waals surface area contributed by atoms with Crippen molar-refractivity contribution in [1.82, 2.24) is 0 Å². The van der Waals surface area contributed by atoms with E-state index in [9.17, 15) is 4.39 Å². The molecule has 1 atom stereocenters. The molecule has 0 aliphatic carbocycles. The van der Waals surface area contributed by atoms with E-state index in [2.05, 4.69) is 0 Å². The molecule has 3 nitrogen and oxygen atoms in total. The maximum Gasteiger partial charge on any atom is 0.165 e. The van der Waals surface area contributed by atoms with E-state index in [1.165, 1.54) is 6.07 Å². The Kier molecular flexibility index (Phi) is 3.58. The van der Waals surface area contributed by atoms with E-state index in [0.29, 0.717) is 5.56 Å². The summed E-state index contributed by atoms with van der Waals surface area (Å²) in [7, 11) is 0. The van der Waals surface area contributed by atoms with Crippen LogP contribution in [0.5, 0.6) is 5.75 Å². The van der Waals surface area contributed by atoms with Crippen LogP contribution in [0.3, 0.4) is 0 Å². The summed E-state index contributed by atoms with van der Waals surface area (Å²) in [5.74, 6) is -0.118. The summed E-state index contributed by atoms with van der Waals surface area (Å²) >= 11 is 0. The van der Waals surface area contributed by atoms with Crippen molar-refractivity contribution in [3.8, 4) is 5.75 Å². The molecule has 19 heavy (non-hydrogen) atoms. The smallest absolute Gasteiger partial charge is 0.165 e. The van der Waals surface area contributed by atoms with Crippen LogP contribution in [0.15, 0.2) is 18.2 Å². The number of rotatable bonds is 3. The lowest BCUT2D eigenvalue weighted by atomic mass is 9.97. The number of para-hydroxylation sites is 1. The first-order valence-corrected chi connectivity index (χ1v) is 6.59. The Hall–Kier alpha value is -1.13. The first-order valence-electron chi connectivity index (χ1n) is 6.59. The maximum atomic E-state index is 13.9. The SMILES string of the molecule is CC1(C)CC(Oc2c(F)cccc2CN)C(C)(C)O1. The Bertz CT molecular complexity index is 471. The molecule has 1 aliphatic rings. The Morgan fingerprint density at radius 2 is 2.05 bits per heavy atom. The second kappa shape index (κ2) is 4.76. The van der Waals surface area contributed by atoms with Gasteiger partial charge in [-0.15, -0.1) is 0 Å². The molecule has 0 aromatic heterocycles. The van der Waals surface area contributed by atoms with Crippen LogP contribution in [0.1, 0.15) is 39.7 Å². The van der Waals surface area contributed by atoms with Gasteiger partial charge in [0.15, 0.2) is 11.6 Å². The van der Waals surface area contributed by atoms with Gasteiger partial charge < -0.3 is 15.2 Å². The van der Waals surface area contributed by atoms with Crippen molar-refractivity contribution >= 4 is 0 Å². The van der Waals surface area contributed by atoms with Crippen molar-refractivity contribution in [2.45, 2.75) is 58.0 Å². The van der Waals surface area contributed by atoms with Gasteiger partial charge >= 0.3 is 0 Å². The maximum absolute atomic E-state index is 13.9. The van der Waals surface area contributed by atoms with E-state index in [1.807, 2.05) is 27.7 Å². The Morgan fingerprint density at radius 1 is 1.37 bits per heavy atom. The highest BCUT2D eigenvalue weighted by Gasteiger charge is 2.47. The van der Waals surface area contributed by atoms with Gasteiger partial charge in [-0.25, -0.2) is 4.39 Å². The fourth-order valence-electron chi connectivity index (χ4n) is 2.68. The van der Waals surface area contributed by atoms with Gasteiger partial charge in [0.2, 0.25) is 0 Å². The number of benzene rings is 1. The van der Waals surface area contributed by atoms with Gasteiger partial charge in [-0.2, -0.15) is 0 Å². The van der Waals surface area contributed by atoms with Gasteiger partial charge in [0.25, 0.3) is 0 Å². The average Bonchev–Trinajstić information content (AvgIpc) is 2.49. The van der Waals surface area contributed by atoms with Crippen molar-refractivity contribution in [1.29, 1.82) is 0 Å². The number of nitrogens with two attached hydrogens (primary N) is 1. The third-order valence-electron chi connectivity index (χ3n) is 3.52. The summed E-state index contributed by atoms with van der Waals surface area (Å²) in [6, 6.07) is 4.82. The summed E-state index contributed by atoms with van der Waals surface area (Å²) in [5.41, 5.74) is 5.61. The zero-order valence-corrected chi connectivity index (χ0v) is 12.0. The van der Waals surface area contributed by atoms with E-state index in [-0.39, 0.29) is 29.8 Å². The molecule has 0 amide bonds. The number of ether oxygens (including phenoxy) is 2. The quantitative estimate of drug-likeness (QED) is 0.915. The molecule has 2 N–H and O–H groups in total. The van der Waals surface area contributed by atoms with Crippen LogP contribution in [0.2, 0.25) is 0 Å². The molecule has 1 aromatic carbocycles. The minimum atomic E-state index is -0.447. The number of hydrogen-bond donors (Lipinski definition) is 1. The average molecular weight is 267 g/mol. The van der Waals surface area contributed by atoms with Crippen LogP contribution < -0.4 is 10.5 Å². The molecule has 2 rings (SSSR count). The Balaban J connectivity index is 2.27. The summed E-state index contributed by atoms with van der Waals surface area (Å²) in [6.45, 7) is 8.22. The summed E-state index contributed by atoms with van der Waals surface area (Å²) < 4.78 is 25.8. The molecule has 1 fully saturated rings. The molecule has 1 saturated heterocycles. The first-order chi connectivity index (χ1) is 8.75. The largest absolute Gasteiger partial charge is 0.484 e. The first kappa shape index (κ1) is 14.3. The third kappa shape index (κ3) is 2.90. The van der Waals surface area contributed by atoms with Crippen molar-refractivity contribution < 1.29 is 13.9 Å². The number of hydrogen-bond acceptors (Lipinski definition) is 3. The molecular formula is C15H22FNO2. The highest BCUT2D eigenvalue weighted by molar-refractivity contribution is 5.35. The molecule has 0 saturated carbocycles. The van der Waals surface area contributed by atoms with Gasteiger partial charge in [-0.3, -0.25) is 0 Å². The van der Waals surface area contributed by atoms with E-state index >= 15 is 0 Å². The fourth-order valence-corrected chi connectivity index (χ4v) is 2.68. The van der Waals surface area contributed by atoms with Gasteiger partial charge in [0.05, 0.1) is 5.60 Å². The van der Waals surface area contributed by atoms with Crippen molar-refractivity contribution in [3.63, 3.8) is 0 Å². The van der Waals surface area contributed by atoms with Crippen molar-refractivity contribution in [2.75, 3.05) is 0 Å². The minimum Gasteiger partial charge on any atom is -0.484 e. The zero-order chi connectivity index (χ0) is 14.3. The van der Waals surface area contributed by atoms with Crippen LogP contribution >= 0.6 is 0 Å². The van der Waals surface area contributed by atoms with Crippen LogP contribution in [0.4, 0.5) is 4.39 Å². The second-order valence-corrected chi connectivity index (χ2v) is 6.21. The molecule has 1 heterocycles. The minimum absolute atomic E-state index is 0.190. The predicted octanol–water partition coefficient (Wildman–Crippen LogP) is 3.01. The summed E-state index contributed by atoms with van der Waals surface area (Å²) in [4.78, 5) is 0. The topological polar surface area (TPSA) is 44.5 Å². The molecule has 106 valence electrons. The third-order valence-corrected chi connectivity index (χ3v) is 3.52. The molecule has 0 spiro atoms. The van der Waals surface area contributed by atoms with Crippen LogP contribution in [0.25, 0.3) is 0 Å². The zero-order valence-electron chi connectivity index (χ0n) is 12.0.